The van der Waals surface area contributed by atoms with E-state index in [-0.39, 0.29) is 18.3 Å². The minimum absolute atomic E-state index is 0.0839. The summed E-state index contributed by atoms with van der Waals surface area (Å²) in [4.78, 5) is 16.9. The van der Waals surface area contributed by atoms with E-state index in [0.29, 0.717) is 19.4 Å². The van der Waals surface area contributed by atoms with Crippen molar-refractivity contribution in [1.82, 2.24) is 4.98 Å². The van der Waals surface area contributed by atoms with Crippen LogP contribution < -0.4 is 9.47 Å². The molecule has 2 heterocycles. The fourth-order valence-corrected chi connectivity index (χ4v) is 3.75. The number of hydrogen-bond donors (Lipinski definition) is 1. The molecule has 148 valence electrons. The number of aromatic nitrogens is 1. The average molecular weight is 389 g/mol. The van der Waals surface area contributed by atoms with Crippen molar-refractivity contribution in [1.29, 1.82) is 0 Å². The number of benzene rings is 2. The molecule has 1 aromatic heterocycles. The third-order valence-electron chi connectivity index (χ3n) is 5.34. The van der Waals surface area contributed by atoms with Crippen molar-refractivity contribution in [2.24, 2.45) is 5.92 Å². The molecular formula is C24H23NO4. The van der Waals surface area contributed by atoms with Gasteiger partial charge in [-0.25, -0.2) is 0 Å². The highest BCUT2D eigenvalue weighted by Gasteiger charge is 2.26. The molecule has 0 saturated carbocycles. The smallest absolute Gasteiger partial charge is 0.144 e. The summed E-state index contributed by atoms with van der Waals surface area (Å²) >= 11 is 0. The van der Waals surface area contributed by atoms with Crippen molar-refractivity contribution in [3.63, 3.8) is 0 Å². The van der Waals surface area contributed by atoms with Gasteiger partial charge in [0, 0.05) is 18.8 Å². The molecule has 1 N–H and O–H groups in total. The molecule has 0 saturated heterocycles. The molecule has 5 heteroatoms. The number of nitrogens with zero attached hydrogens (tertiary/aromatic N) is 1. The molecular weight excluding hydrogens is 366 g/mol. The highest BCUT2D eigenvalue weighted by Crippen LogP contribution is 2.32. The van der Waals surface area contributed by atoms with Crippen molar-refractivity contribution in [3.8, 4) is 22.6 Å². The molecule has 4 rings (SSSR count). The topological polar surface area (TPSA) is 68.7 Å². The maximum absolute atomic E-state index is 12.9. The lowest BCUT2D eigenvalue weighted by Gasteiger charge is -2.25. The van der Waals surface area contributed by atoms with Gasteiger partial charge in [0.25, 0.3) is 0 Å². The summed E-state index contributed by atoms with van der Waals surface area (Å²) in [5, 5.41) is 9.81. The first-order chi connectivity index (χ1) is 14.2. The van der Waals surface area contributed by atoms with Gasteiger partial charge in [0.1, 0.15) is 17.3 Å². The minimum atomic E-state index is -0.188. The third kappa shape index (κ3) is 4.15. The highest BCUT2D eigenvalue weighted by atomic mass is 16.5. The van der Waals surface area contributed by atoms with Gasteiger partial charge >= 0.3 is 0 Å². The van der Waals surface area contributed by atoms with Gasteiger partial charge < -0.3 is 14.6 Å². The predicted molar refractivity (Wildman–Crippen MR) is 110 cm³/mol. The van der Waals surface area contributed by atoms with Crippen molar-refractivity contribution in [2.75, 3.05) is 13.7 Å². The quantitative estimate of drug-likeness (QED) is 0.697. The lowest BCUT2D eigenvalue weighted by Crippen LogP contribution is -2.29. The van der Waals surface area contributed by atoms with Crippen LogP contribution in [0.15, 0.2) is 60.9 Å². The lowest BCUT2D eigenvalue weighted by atomic mass is 9.89. The largest absolute Gasteiger partial charge is 0.497 e. The van der Waals surface area contributed by atoms with E-state index in [4.69, 9.17) is 9.47 Å². The summed E-state index contributed by atoms with van der Waals surface area (Å²) in [6.07, 6.45) is 4.41. The fourth-order valence-electron chi connectivity index (χ4n) is 3.75. The van der Waals surface area contributed by atoms with Crippen molar-refractivity contribution in [2.45, 2.75) is 19.4 Å². The van der Waals surface area contributed by atoms with Gasteiger partial charge in [-0.05, 0) is 64.6 Å². The number of rotatable bonds is 6. The van der Waals surface area contributed by atoms with E-state index in [1.165, 1.54) is 0 Å². The van der Waals surface area contributed by atoms with E-state index < -0.39 is 0 Å². The van der Waals surface area contributed by atoms with Crippen LogP contribution in [0.1, 0.15) is 16.7 Å². The third-order valence-corrected chi connectivity index (χ3v) is 5.34. The van der Waals surface area contributed by atoms with Crippen LogP contribution in [0.2, 0.25) is 0 Å². The Morgan fingerprint density at radius 2 is 2.00 bits per heavy atom. The molecule has 5 nitrogen and oxygen atoms in total. The Bertz CT molecular complexity index is 1020. The molecule has 0 spiro atoms. The lowest BCUT2D eigenvalue weighted by molar-refractivity contribution is -0.123. The number of methoxy groups -OCH3 is 1. The van der Waals surface area contributed by atoms with Crippen LogP contribution in [-0.2, 0) is 24.2 Å². The van der Waals surface area contributed by atoms with Gasteiger partial charge in [-0.2, -0.15) is 0 Å². The SMILES string of the molecule is COc1ccc2c(c1)CC(C(=O)Cc1ccc(-c3ccncc3)c(CO)c1)CO2. The zero-order chi connectivity index (χ0) is 20.2. The molecule has 1 aliphatic heterocycles. The Morgan fingerprint density at radius 3 is 2.76 bits per heavy atom. The Labute approximate surface area is 169 Å². The molecule has 29 heavy (non-hydrogen) atoms. The van der Waals surface area contributed by atoms with E-state index in [1.54, 1.807) is 19.5 Å². The summed E-state index contributed by atoms with van der Waals surface area (Å²) in [5.74, 6) is 1.53. The molecule has 2 aromatic carbocycles. The van der Waals surface area contributed by atoms with Crippen LogP contribution in [-0.4, -0.2) is 29.6 Å². The number of carbonyl (C=O) groups is 1. The molecule has 3 aromatic rings. The first-order valence-electron chi connectivity index (χ1n) is 9.63. The second-order valence-corrected chi connectivity index (χ2v) is 7.21. The molecule has 1 unspecified atom stereocenters. The van der Waals surface area contributed by atoms with Crippen LogP contribution >= 0.6 is 0 Å². The molecule has 1 atom stereocenters. The molecule has 1 aliphatic rings. The van der Waals surface area contributed by atoms with Crippen LogP contribution in [0.4, 0.5) is 0 Å². The van der Waals surface area contributed by atoms with Gasteiger partial charge in [-0.1, -0.05) is 18.2 Å². The van der Waals surface area contributed by atoms with E-state index >= 15 is 0 Å². The van der Waals surface area contributed by atoms with Crippen LogP contribution in [0.25, 0.3) is 11.1 Å². The van der Waals surface area contributed by atoms with Crippen LogP contribution in [0.3, 0.4) is 0 Å². The molecule has 0 aliphatic carbocycles. The molecule has 0 bridgehead atoms. The molecule has 0 amide bonds. The first kappa shape index (κ1) is 19.2. The number of ether oxygens (including phenoxy) is 2. The van der Waals surface area contributed by atoms with Crippen LogP contribution in [0, 0.1) is 5.92 Å². The van der Waals surface area contributed by atoms with Crippen LogP contribution in [0.5, 0.6) is 11.5 Å². The van der Waals surface area contributed by atoms with Crippen molar-refractivity contribution < 1.29 is 19.4 Å². The highest BCUT2D eigenvalue weighted by molar-refractivity contribution is 5.84. The summed E-state index contributed by atoms with van der Waals surface area (Å²) < 4.78 is 11.1. The summed E-state index contributed by atoms with van der Waals surface area (Å²) in [6, 6.07) is 15.3. The standard InChI is InChI=1S/C24H23NO4/c1-28-21-3-5-24-18(13-21)12-20(15-29-24)23(27)11-16-2-4-22(19(10-16)14-26)17-6-8-25-9-7-17/h2-10,13,20,26H,11-12,14-15H2,1H3. The number of aliphatic hydroxyl groups excluding tert-OH is 1. The predicted octanol–water partition coefficient (Wildman–Crippen LogP) is 3.61. The number of carbonyl (C=O) groups excluding carboxylic acids is 1. The van der Waals surface area contributed by atoms with Gasteiger partial charge in [0.05, 0.1) is 26.2 Å². The number of hydrogen-bond acceptors (Lipinski definition) is 5. The second-order valence-electron chi connectivity index (χ2n) is 7.21. The number of pyridine rings is 1. The normalized spacial score (nSPS) is 15.3. The number of ketones is 1. The first-order valence-corrected chi connectivity index (χ1v) is 9.63. The van der Waals surface area contributed by atoms with Gasteiger partial charge in [0.2, 0.25) is 0 Å². The zero-order valence-electron chi connectivity index (χ0n) is 16.3. The fraction of sp³-hybridized carbons (Fsp3) is 0.250. The summed E-state index contributed by atoms with van der Waals surface area (Å²) in [5.41, 5.74) is 4.64. The summed E-state index contributed by atoms with van der Waals surface area (Å²) in [7, 11) is 1.63. The maximum atomic E-state index is 12.9. The Kier molecular flexibility index (Phi) is 5.58. The Morgan fingerprint density at radius 1 is 1.17 bits per heavy atom. The Hall–Kier alpha value is -3.18. The molecule has 0 fully saturated rings. The monoisotopic (exact) mass is 389 g/mol. The number of Topliss-reactive ketones (excluding diaryl/α,β-unsaturated/α-hetero) is 1. The van der Waals surface area contributed by atoms with Crippen molar-refractivity contribution >= 4 is 5.78 Å². The van der Waals surface area contributed by atoms with E-state index in [0.717, 1.165) is 39.3 Å². The van der Waals surface area contributed by atoms with E-state index in [1.807, 2.05) is 48.5 Å². The second kappa shape index (κ2) is 8.45. The summed E-state index contributed by atoms with van der Waals surface area (Å²) in [6.45, 7) is 0.305. The van der Waals surface area contributed by atoms with E-state index in [2.05, 4.69) is 4.98 Å². The number of aliphatic hydroxyl groups is 1. The van der Waals surface area contributed by atoms with Gasteiger partial charge in [-0.15, -0.1) is 0 Å². The van der Waals surface area contributed by atoms with E-state index in [9.17, 15) is 9.90 Å². The van der Waals surface area contributed by atoms with Crippen molar-refractivity contribution in [3.05, 3.63) is 77.6 Å². The van der Waals surface area contributed by atoms with Gasteiger partial charge in [-0.3, -0.25) is 9.78 Å². The Balaban J connectivity index is 1.50. The minimum Gasteiger partial charge on any atom is -0.497 e. The molecule has 0 radical (unpaired) electrons. The maximum Gasteiger partial charge on any atom is 0.144 e. The number of fused-ring (bicyclic) bond motifs is 1. The van der Waals surface area contributed by atoms with Gasteiger partial charge in [0.15, 0.2) is 0 Å². The average Bonchev–Trinajstić information content (AvgIpc) is 2.78. The zero-order valence-corrected chi connectivity index (χ0v) is 16.3.